The molecule has 0 aliphatic heterocycles. The van der Waals surface area contributed by atoms with Crippen molar-refractivity contribution in [2.45, 2.75) is 25.7 Å². The second kappa shape index (κ2) is 11.8. The maximum atomic E-state index is 13.6. The van der Waals surface area contributed by atoms with Gasteiger partial charge in [-0.3, -0.25) is 13.9 Å². The zero-order valence-electron chi connectivity index (χ0n) is 20.2. The number of carbonyl (C=O) groups is 2. The van der Waals surface area contributed by atoms with Gasteiger partial charge in [-0.2, -0.15) is 0 Å². The Hall–Kier alpha value is -3.07. The molecule has 10 heteroatoms. The first-order chi connectivity index (χ1) is 17.1. The Morgan fingerprint density at radius 1 is 0.889 bits per heavy atom. The van der Waals surface area contributed by atoms with E-state index in [0.29, 0.717) is 18.7 Å². The summed E-state index contributed by atoms with van der Waals surface area (Å²) >= 11 is 12.5. The van der Waals surface area contributed by atoms with Crippen molar-refractivity contribution in [2.75, 3.05) is 29.3 Å². The molecule has 0 bridgehead atoms. The lowest BCUT2D eigenvalue weighted by Gasteiger charge is -2.26. The van der Waals surface area contributed by atoms with Crippen LogP contribution in [0.3, 0.4) is 0 Å². The van der Waals surface area contributed by atoms with Gasteiger partial charge >= 0.3 is 0 Å². The van der Waals surface area contributed by atoms with Crippen LogP contribution in [0.2, 0.25) is 10.0 Å². The molecule has 0 fully saturated rings. The third kappa shape index (κ3) is 6.00. The maximum absolute atomic E-state index is 13.6. The average Bonchev–Trinajstić information content (AvgIpc) is 2.85. The third-order valence-electron chi connectivity index (χ3n) is 5.58. The molecule has 0 heterocycles. The fraction of sp³-hybridized carbons (Fsp3) is 0.231. The molecule has 0 radical (unpaired) electrons. The lowest BCUT2D eigenvalue weighted by molar-refractivity contribution is -0.114. The van der Waals surface area contributed by atoms with Crippen molar-refractivity contribution in [1.82, 2.24) is 4.90 Å². The molecule has 3 aromatic carbocycles. The lowest BCUT2D eigenvalue weighted by atomic mass is 10.1. The number of halogens is 2. The third-order valence-corrected chi connectivity index (χ3v) is 8.16. The van der Waals surface area contributed by atoms with Crippen LogP contribution < -0.4 is 9.62 Å². The second-order valence-electron chi connectivity index (χ2n) is 7.97. The highest BCUT2D eigenvalue weighted by atomic mass is 35.5. The molecular formula is C26H27Cl2N3O4S. The molecule has 1 N–H and O–H groups in total. The molecule has 0 spiro atoms. The highest BCUT2D eigenvalue weighted by Crippen LogP contribution is 2.35. The fourth-order valence-corrected chi connectivity index (χ4v) is 5.48. The molecule has 3 aromatic rings. The zero-order chi connectivity index (χ0) is 26.5. The monoisotopic (exact) mass is 547 g/mol. The number of nitrogens with one attached hydrogen (secondary N) is 1. The van der Waals surface area contributed by atoms with Gasteiger partial charge in [0.15, 0.2) is 0 Å². The molecular weight excluding hydrogens is 521 g/mol. The molecule has 0 unspecified atom stereocenters. The van der Waals surface area contributed by atoms with E-state index in [9.17, 15) is 18.0 Å². The Balaban J connectivity index is 1.99. The number of hydrogen-bond acceptors (Lipinski definition) is 4. The first-order valence-corrected chi connectivity index (χ1v) is 13.5. The molecule has 0 saturated carbocycles. The summed E-state index contributed by atoms with van der Waals surface area (Å²) in [6.07, 6.45) is 0. The van der Waals surface area contributed by atoms with Crippen molar-refractivity contribution in [1.29, 1.82) is 0 Å². The van der Waals surface area contributed by atoms with Gasteiger partial charge in [0.1, 0.15) is 6.54 Å². The van der Waals surface area contributed by atoms with Crippen LogP contribution in [0, 0.1) is 6.92 Å². The second-order valence-corrected chi connectivity index (χ2v) is 10.6. The van der Waals surface area contributed by atoms with Crippen LogP contribution in [0.1, 0.15) is 29.8 Å². The smallest absolute Gasteiger partial charge is 0.264 e. The van der Waals surface area contributed by atoms with E-state index in [4.69, 9.17) is 23.2 Å². The SMILES string of the molecule is CCN(CC)C(=O)c1ccccc1NC(=O)CN(c1cccc(Cl)c1Cl)S(=O)(=O)c1ccc(C)cc1. The van der Waals surface area contributed by atoms with Gasteiger partial charge in [0.25, 0.3) is 15.9 Å². The lowest BCUT2D eigenvalue weighted by Crippen LogP contribution is -2.39. The van der Waals surface area contributed by atoms with Crippen molar-refractivity contribution in [2.24, 2.45) is 0 Å². The number of para-hydroxylation sites is 1. The largest absolute Gasteiger partial charge is 0.339 e. The van der Waals surface area contributed by atoms with E-state index in [1.807, 2.05) is 20.8 Å². The molecule has 0 aromatic heterocycles. The summed E-state index contributed by atoms with van der Waals surface area (Å²) in [6.45, 7) is 5.99. The van der Waals surface area contributed by atoms with Gasteiger partial charge in [0.2, 0.25) is 5.91 Å². The maximum Gasteiger partial charge on any atom is 0.264 e. The van der Waals surface area contributed by atoms with Gasteiger partial charge in [0.05, 0.1) is 31.9 Å². The Kier molecular flexibility index (Phi) is 9.00. The van der Waals surface area contributed by atoms with E-state index in [1.165, 1.54) is 24.3 Å². The predicted molar refractivity (Wildman–Crippen MR) is 144 cm³/mol. The standard InChI is InChI=1S/C26H27Cl2N3O4S/c1-4-30(5-2)26(33)20-9-6-7-11-22(20)29-24(32)17-31(23-12-8-10-21(27)25(23)28)36(34,35)19-15-13-18(3)14-16-19/h6-16H,4-5,17H2,1-3H3,(H,29,32). The number of sulfonamides is 1. The van der Waals surface area contributed by atoms with Gasteiger partial charge in [0, 0.05) is 13.1 Å². The van der Waals surface area contributed by atoms with Crippen LogP contribution in [-0.2, 0) is 14.8 Å². The first-order valence-electron chi connectivity index (χ1n) is 11.3. The number of amides is 2. The Bertz CT molecular complexity index is 1360. The first kappa shape index (κ1) is 27.5. The molecule has 36 heavy (non-hydrogen) atoms. The van der Waals surface area contributed by atoms with Gasteiger partial charge in [-0.25, -0.2) is 8.42 Å². The van der Waals surface area contributed by atoms with Crippen LogP contribution >= 0.6 is 23.2 Å². The van der Waals surface area contributed by atoms with Gasteiger partial charge in [-0.15, -0.1) is 0 Å². The van der Waals surface area contributed by atoms with Crippen molar-refractivity contribution in [3.05, 3.63) is 87.9 Å². The van der Waals surface area contributed by atoms with Crippen LogP contribution in [0.25, 0.3) is 0 Å². The van der Waals surface area contributed by atoms with Crippen molar-refractivity contribution < 1.29 is 18.0 Å². The van der Waals surface area contributed by atoms with Crippen molar-refractivity contribution in [3.8, 4) is 0 Å². The Morgan fingerprint density at radius 2 is 1.53 bits per heavy atom. The van der Waals surface area contributed by atoms with E-state index in [2.05, 4.69) is 5.32 Å². The molecule has 0 aliphatic carbocycles. The Morgan fingerprint density at radius 3 is 2.17 bits per heavy atom. The number of anilines is 2. The van der Waals surface area contributed by atoms with E-state index in [0.717, 1.165) is 9.87 Å². The van der Waals surface area contributed by atoms with Crippen LogP contribution in [0.4, 0.5) is 11.4 Å². The van der Waals surface area contributed by atoms with E-state index in [-0.39, 0.29) is 32.2 Å². The Labute approximate surface area is 221 Å². The van der Waals surface area contributed by atoms with Crippen LogP contribution in [0.5, 0.6) is 0 Å². The highest BCUT2D eigenvalue weighted by molar-refractivity contribution is 7.92. The molecule has 0 aliphatic rings. The quantitative estimate of drug-likeness (QED) is 0.376. The van der Waals surface area contributed by atoms with E-state index < -0.39 is 22.5 Å². The van der Waals surface area contributed by atoms with E-state index in [1.54, 1.807) is 47.4 Å². The summed E-state index contributed by atoms with van der Waals surface area (Å²) in [5.41, 5.74) is 1.54. The minimum atomic E-state index is -4.19. The molecule has 3 rings (SSSR count). The predicted octanol–water partition coefficient (Wildman–Crippen LogP) is 5.62. The molecule has 0 saturated heterocycles. The van der Waals surface area contributed by atoms with Gasteiger partial charge in [-0.05, 0) is 57.2 Å². The summed E-state index contributed by atoms with van der Waals surface area (Å²) in [7, 11) is -4.19. The normalized spacial score (nSPS) is 11.1. The number of benzene rings is 3. The van der Waals surface area contributed by atoms with Crippen LogP contribution in [0.15, 0.2) is 71.6 Å². The number of hydrogen-bond donors (Lipinski definition) is 1. The topological polar surface area (TPSA) is 86.8 Å². The summed E-state index contributed by atoms with van der Waals surface area (Å²) in [5, 5.41) is 2.84. The number of rotatable bonds is 9. The molecule has 7 nitrogen and oxygen atoms in total. The number of carbonyl (C=O) groups excluding carboxylic acids is 2. The van der Waals surface area contributed by atoms with Gasteiger partial charge in [-0.1, -0.05) is 59.1 Å². The summed E-state index contributed by atoms with van der Waals surface area (Å²) in [6, 6.07) is 17.4. The molecule has 2 amide bonds. The molecule has 190 valence electrons. The summed E-state index contributed by atoms with van der Waals surface area (Å²) in [5.74, 6) is -0.889. The molecule has 0 atom stereocenters. The average molecular weight is 548 g/mol. The minimum Gasteiger partial charge on any atom is -0.339 e. The number of nitrogens with zero attached hydrogens (tertiary/aromatic N) is 2. The summed E-state index contributed by atoms with van der Waals surface area (Å²) in [4.78, 5) is 27.8. The van der Waals surface area contributed by atoms with E-state index >= 15 is 0 Å². The zero-order valence-corrected chi connectivity index (χ0v) is 22.5. The minimum absolute atomic E-state index is 0.000218. The number of aryl methyl sites for hydroxylation is 1. The van der Waals surface area contributed by atoms with Gasteiger partial charge < -0.3 is 10.2 Å². The van der Waals surface area contributed by atoms with Crippen molar-refractivity contribution >= 4 is 56.4 Å². The summed E-state index contributed by atoms with van der Waals surface area (Å²) < 4.78 is 28.2. The van der Waals surface area contributed by atoms with Crippen molar-refractivity contribution in [3.63, 3.8) is 0 Å². The fourth-order valence-electron chi connectivity index (χ4n) is 3.60. The highest BCUT2D eigenvalue weighted by Gasteiger charge is 2.30. The van der Waals surface area contributed by atoms with Crippen LogP contribution in [-0.4, -0.2) is 44.8 Å².